The molecule has 1 saturated carbocycles. The van der Waals surface area contributed by atoms with E-state index in [1.54, 1.807) is 0 Å². The molecule has 0 spiro atoms. The van der Waals surface area contributed by atoms with Gasteiger partial charge in [0, 0.05) is 30.9 Å². The molecule has 0 aliphatic heterocycles. The Kier molecular flexibility index (Phi) is 5.45. The summed E-state index contributed by atoms with van der Waals surface area (Å²) in [6.45, 7) is 6.26. The fourth-order valence-corrected chi connectivity index (χ4v) is 3.06. The fourth-order valence-electron chi connectivity index (χ4n) is 3.06. The molecule has 0 atom stereocenters. The highest BCUT2D eigenvalue weighted by atomic mass is 16.1. The molecule has 3 heteroatoms. The third-order valence-electron chi connectivity index (χ3n) is 4.21. The lowest BCUT2D eigenvalue weighted by Gasteiger charge is -2.21. The third-order valence-corrected chi connectivity index (χ3v) is 4.21. The summed E-state index contributed by atoms with van der Waals surface area (Å²) in [6, 6.07) is 8.15. The van der Waals surface area contributed by atoms with Crippen LogP contribution < -0.4 is 10.2 Å². The van der Waals surface area contributed by atoms with Gasteiger partial charge in [-0.1, -0.05) is 18.9 Å². The second kappa shape index (κ2) is 7.32. The summed E-state index contributed by atoms with van der Waals surface area (Å²) in [5, 5.41) is 3.05. The lowest BCUT2D eigenvalue weighted by atomic mass is 10.0. The Hall–Kier alpha value is -1.51. The van der Waals surface area contributed by atoms with E-state index in [0.29, 0.717) is 12.3 Å². The van der Waals surface area contributed by atoms with Crippen LogP contribution in [0.4, 0.5) is 11.4 Å². The van der Waals surface area contributed by atoms with Crippen LogP contribution in [0.3, 0.4) is 0 Å². The number of amides is 1. The van der Waals surface area contributed by atoms with Crippen LogP contribution in [-0.2, 0) is 4.79 Å². The van der Waals surface area contributed by atoms with Crippen molar-refractivity contribution in [2.45, 2.75) is 46.0 Å². The summed E-state index contributed by atoms with van der Waals surface area (Å²) in [6.07, 6.45) is 5.68. The number of carbonyl (C=O) groups excluding carboxylic acids is 1. The highest BCUT2D eigenvalue weighted by molar-refractivity contribution is 5.91. The monoisotopic (exact) mass is 274 g/mol. The highest BCUT2D eigenvalue weighted by Crippen LogP contribution is 2.28. The number of nitrogens with one attached hydrogen (secondary N) is 1. The summed E-state index contributed by atoms with van der Waals surface area (Å²) in [5.74, 6) is 0.759. The van der Waals surface area contributed by atoms with Gasteiger partial charge in [-0.2, -0.15) is 0 Å². The van der Waals surface area contributed by atoms with E-state index in [-0.39, 0.29) is 5.91 Å². The average Bonchev–Trinajstić information content (AvgIpc) is 2.93. The van der Waals surface area contributed by atoms with Crippen molar-refractivity contribution < 1.29 is 4.79 Å². The molecular weight excluding hydrogens is 248 g/mol. The van der Waals surface area contributed by atoms with Crippen molar-refractivity contribution in [3.63, 3.8) is 0 Å². The molecule has 0 radical (unpaired) electrons. The van der Waals surface area contributed by atoms with Crippen LogP contribution in [0.25, 0.3) is 0 Å². The largest absolute Gasteiger partial charge is 0.372 e. The maximum atomic E-state index is 12.1. The van der Waals surface area contributed by atoms with Gasteiger partial charge < -0.3 is 10.2 Å². The number of hydrogen-bond acceptors (Lipinski definition) is 2. The number of hydrogen-bond donors (Lipinski definition) is 1. The number of carbonyl (C=O) groups is 1. The molecule has 0 saturated heterocycles. The number of benzene rings is 1. The fraction of sp³-hybridized carbons (Fsp3) is 0.588. The van der Waals surface area contributed by atoms with Gasteiger partial charge in [0.1, 0.15) is 0 Å². The average molecular weight is 274 g/mol. The van der Waals surface area contributed by atoms with E-state index in [4.69, 9.17) is 0 Å². The highest BCUT2D eigenvalue weighted by Gasteiger charge is 2.18. The van der Waals surface area contributed by atoms with E-state index in [1.165, 1.54) is 31.4 Å². The summed E-state index contributed by atoms with van der Waals surface area (Å²) < 4.78 is 0. The van der Waals surface area contributed by atoms with E-state index in [2.05, 4.69) is 36.2 Å². The van der Waals surface area contributed by atoms with Gasteiger partial charge in [-0.3, -0.25) is 4.79 Å². The predicted molar refractivity (Wildman–Crippen MR) is 85.2 cm³/mol. The first-order chi connectivity index (χ1) is 9.72. The van der Waals surface area contributed by atoms with Crippen molar-refractivity contribution in [1.82, 2.24) is 0 Å². The minimum absolute atomic E-state index is 0.161. The zero-order valence-electron chi connectivity index (χ0n) is 12.7. The molecule has 1 amide bonds. The lowest BCUT2D eigenvalue weighted by Crippen LogP contribution is -2.22. The summed E-state index contributed by atoms with van der Waals surface area (Å²) in [5.41, 5.74) is 2.09. The molecular formula is C17H26N2O. The first kappa shape index (κ1) is 14.9. The van der Waals surface area contributed by atoms with Gasteiger partial charge >= 0.3 is 0 Å². The Morgan fingerprint density at radius 3 is 2.60 bits per heavy atom. The molecule has 1 aromatic carbocycles. The van der Waals surface area contributed by atoms with Gasteiger partial charge in [-0.05, 0) is 50.8 Å². The van der Waals surface area contributed by atoms with Crippen LogP contribution >= 0.6 is 0 Å². The molecule has 1 aromatic rings. The summed E-state index contributed by atoms with van der Waals surface area (Å²) in [4.78, 5) is 14.3. The van der Waals surface area contributed by atoms with E-state index >= 15 is 0 Å². The topological polar surface area (TPSA) is 32.3 Å². The van der Waals surface area contributed by atoms with Crippen molar-refractivity contribution in [3.8, 4) is 0 Å². The van der Waals surface area contributed by atoms with Gasteiger partial charge in [0.25, 0.3) is 0 Å². The minimum Gasteiger partial charge on any atom is -0.372 e. The molecule has 1 N–H and O–H groups in total. The Morgan fingerprint density at radius 1 is 1.25 bits per heavy atom. The molecule has 1 aliphatic rings. The second-order valence-electron chi connectivity index (χ2n) is 5.63. The first-order valence-corrected chi connectivity index (χ1v) is 7.87. The van der Waals surface area contributed by atoms with Crippen molar-refractivity contribution in [1.29, 1.82) is 0 Å². The van der Waals surface area contributed by atoms with Crippen LogP contribution in [0, 0.1) is 5.92 Å². The summed E-state index contributed by atoms with van der Waals surface area (Å²) in [7, 11) is 0. The summed E-state index contributed by atoms with van der Waals surface area (Å²) >= 11 is 0. The molecule has 0 bridgehead atoms. The van der Waals surface area contributed by atoms with Crippen molar-refractivity contribution >= 4 is 17.3 Å². The van der Waals surface area contributed by atoms with Gasteiger partial charge in [-0.15, -0.1) is 0 Å². The zero-order chi connectivity index (χ0) is 14.4. The van der Waals surface area contributed by atoms with Gasteiger partial charge in [0.2, 0.25) is 5.91 Å². The Morgan fingerprint density at radius 2 is 1.95 bits per heavy atom. The Balaban J connectivity index is 1.94. The maximum Gasteiger partial charge on any atom is 0.224 e. The second-order valence-corrected chi connectivity index (χ2v) is 5.63. The Bertz CT molecular complexity index is 434. The van der Waals surface area contributed by atoms with E-state index < -0.39 is 0 Å². The predicted octanol–water partition coefficient (Wildman–Crippen LogP) is 4.05. The molecule has 3 nitrogen and oxygen atoms in total. The zero-order valence-corrected chi connectivity index (χ0v) is 12.7. The molecule has 20 heavy (non-hydrogen) atoms. The van der Waals surface area contributed by atoms with Crippen molar-refractivity contribution in [2.24, 2.45) is 5.92 Å². The molecule has 1 aliphatic carbocycles. The quantitative estimate of drug-likeness (QED) is 0.848. The molecule has 2 rings (SSSR count). The van der Waals surface area contributed by atoms with Gasteiger partial charge in [0.05, 0.1) is 0 Å². The van der Waals surface area contributed by atoms with Crippen LogP contribution in [0.5, 0.6) is 0 Å². The number of rotatable bonds is 6. The van der Waals surface area contributed by atoms with Crippen LogP contribution in [0.2, 0.25) is 0 Å². The molecule has 110 valence electrons. The third kappa shape index (κ3) is 3.99. The smallest absolute Gasteiger partial charge is 0.224 e. The standard InChI is InChI=1S/C17H26N2O/c1-3-19(4-2)16-11-7-10-15(13-16)18-17(20)12-14-8-5-6-9-14/h7,10-11,13-14H,3-6,8-9,12H2,1-2H3,(H,18,20). The van der Waals surface area contributed by atoms with Crippen LogP contribution in [0.15, 0.2) is 24.3 Å². The normalized spacial score (nSPS) is 15.3. The Labute approximate surface area is 122 Å². The van der Waals surface area contributed by atoms with Gasteiger partial charge in [0.15, 0.2) is 0 Å². The van der Waals surface area contributed by atoms with Crippen LogP contribution in [0.1, 0.15) is 46.0 Å². The molecule has 1 fully saturated rings. The minimum atomic E-state index is 0.161. The maximum absolute atomic E-state index is 12.1. The van der Waals surface area contributed by atoms with E-state index in [0.717, 1.165) is 18.8 Å². The van der Waals surface area contributed by atoms with Crippen molar-refractivity contribution in [3.05, 3.63) is 24.3 Å². The molecule has 0 unspecified atom stereocenters. The van der Waals surface area contributed by atoms with Crippen LogP contribution in [-0.4, -0.2) is 19.0 Å². The molecule has 0 aromatic heterocycles. The van der Waals surface area contributed by atoms with Gasteiger partial charge in [-0.25, -0.2) is 0 Å². The van der Waals surface area contributed by atoms with Crippen molar-refractivity contribution in [2.75, 3.05) is 23.3 Å². The molecule has 0 heterocycles. The van der Waals surface area contributed by atoms with E-state index in [1.807, 2.05) is 12.1 Å². The number of anilines is 2. The number of nitrogens with zero attached hydrogens (tertiary/aromatic N) is 1. The lowest BCUT2D eigenvalue weighted by molar-refractivity contribution is -0.117. The SMILES string of the molecule is CCN(CC)c1cccc(NC(=O)CC2CCCC2)c1. The first-order valence-electron chi connectivity index (χ1n) is 7.87. The van der Waals surface area contributed by atoms with E-state index in [9.17, 15) is 4.79 Å².